The lowest BCUT2D eigenvalue weighted by Gasteiger charge is -2.24. The molecule has 0 radical (unpaired) electrons. The van der Waals surface area contributed by atoms with Gasteiger partial charge < -0.3 is 11.1 Å². The van der Waals surface area contributed by atoms with Crippen molar-refractivity contribution in [2.45, 2.75) is 39.2 Å². The molecule has 0 saturated heterocycles. The Morgan fingerprint density at radius 1 is 1.33 bits per heavy atom. The van der Waals surface area contributed by atoms with Crippen molar-refractivity contribution in [3.05, 3.63) is 18.0 Å². The monoisotopic (exact) mass is 208 g/mol. The average molecular weight is 208 g/mol. The number of nitrogens with zero attached hydrogens (tertiary/aromatic N) is 2. The second-order valence-corrected chi connectivity index (χ2v) is 4.71. The zero-order chi connectivity index (χ0) is 11.5. The maximum atomic E-state index is 5.61. The molecule has 0 atom stereocenters. The van der Waals surface area contributed by atoms with E-state index in [0.29, 0.717) is 18.4 Å². The molecule has 0 bridgehead atoms. The predicted molar refractivity (Wildman–Crippen MR) is 62.9 cm³/mol. The Labute approximate surface area is 91.3 Å². The standard InChI is InChI=1S/C11H20N4/c1-8(2)9-5-13-10(14-6-9)15-11(3,4)7-12/h5-6,8H,7,12H2,1-4H3,(H,13,14,15). The van der Waals surface area contributed by atoms with Gasteiger partial charge in [-0.3, -0.25) is 0 Å². The first kappa shape index (κ1) is 11.9. The van der Waals surface area contributed by atoms with Gasteiger partial charge in [-0.1, -0.05) is 13.8 Å². The van der Waals surface area contributed by atoms with Gasteiger partial charge in [-0.25, -0.2) is 9.97 Å². The minimum atomic E-state index is -0.167. The molecule has 1 rings (SSSR count). The van der Waals surface area contributed by atoms with Crippen LogP contribution < -0.4 is 11.1 Å². The van der Waals surface area contributed by atoms with Crippen LogP contribution in [0.2, 0.25) is 0 Å². The van der Waals surface area contributed by atoms with Gasteiger partial charge in [0.2, 0.25) is 5.95 Å². The lowest BCUT2D eigenvalue weighted by molar-refractivity contribution is 0.573. The summed E-state index contributed by atoms with van der Waals surface area (Å²) in [6.45, 7) is 8.83. The summed E-state index contributed by atoms with van der Waals surface area (Å²) < 4.78 is 0. The summed E-state index contributed by atoms with van der Waals surface area (Å²) in [6.07, 6.45) is 3.71. The Balaban J connectivity index is 2.73. The van der Waals surface area contributed by atoms with E-state index in [1.165, 1.54) is 0 Å². The average Bonchev–Trinajstić information content (AvgIpc) is 2.18. The summed E-state index contributed by atoms with van der Waals surface area (Å²) in [4.78, 5) is 8.51. The van der Waals surface area contributed by atoms with Gasteiger partial charge in [0.1, 0.15) is 0 Å². The number of nitrogens with two attached hydrogens (primary N) is 1. The first-order valence-electron chi connectivity index (χ1n) is 5.25. The number of aromatic nitrogens is 2. The number of hydrogen-bond acceptors (Lipinski definition) is 4. The van der Waals surface area contributed by atoms with Crippen LogP contribution in [0.15, 0.2) is 12.4 Å². The zero-order valence-electron chi connectivity index (χ0n) is 9.91. The molecule has 1 aromatic rings. The number of nitrogens with one attached hydrogen (secondary N) is 1. The molecule has 4 heteroatoms. The number of rotatable bonds is 4. The van der Waals surface area contributed by atoms with Crippen molar-refractivity contribution < 1.29 is 0 Å². The van der Waals surface area contributed by atoms with Crippen LogP contribution in [0.5, 0.6) is 0 Å². The molecule has 1 aromatic heterocycles. The quantitative estimate of drug-likeness (QED) is 0.791. The lowest BCUT2D eigenvalue weighted by atomic mass is 10.1. The van der Waals surface area contributed by atoms with E-state index in [9.17, 15) is 0 Å². The van der Waals surface area contributed by atoms with E-state index in [1.54, 1.807) is 0 Å². The SMILES string of the molecule is CC(C)c1cnc(NC(C)(C)CN)nc1. The predicted octanol–water partition coefficient (Wildman–Crippen LogP) is 1.75. The highest BCUT2D eigenvalue weighted by molar-refractivity contribution is 5.29. The molecular formula is C11H20N4. The van der Waals surface area contributed by atoms with Crippen LogP contribution in [-0.4, -0.2) is 22.1 Å². The maximum Gasteiger partial charge on any atom is 0.223 e. The molecular weight excluding hydrogens is 188 g/mol. The minimum absolute atomic E-state index is 0.167. The van der Waals surface area contributed by atoms with E-state index in [-0.39, 0.29) is 5.54 Å². The van der Waals surface area contributed by atoms with Crippen molar-refractivity contribution in [1.29, 1.82) is 0 Å². The zero-order valence-corrected chi connectivity index (χ0v) is 9.91. The molecule has 0 aliphatic carbocycles. The van der Waals surface area contributed by atoms with Gasteiger partial charge in [-0.05, 0) is 25.3 Å². The van der Waals surface area contributed by atoms with Crippen LogP contribution in [0.25, 0.3) is 0 Å². The Bertz CT molecular complexity index is 303. The largest absolute Gasteiger partial charge is 0.348 e. The van der Waals surface area contributed by atoms with Crippen LogP contribution in [-0.2, 0) is 0 Å². The van der Waals surface area contributed by atoms with Gasteiger partial charge in [-0.2, -0.15) is 0 Å². The first-order valence-corrected chi connectivity index (χ1v) is 5.25. The highest BCUT2D eigenvalue weighted by Gasteiger charge is 2.15. The Hall–Kier alpha value is -1.16. The van der Waals surface area contributed by atoms with E-state index >= 15 is 0 Å². The first-order chi connectivity index (χ1) is 6.94. The second kappa shape index (κ2) is 4.57. The van der Waals surface area contributed by atoms with E-state index in [2.05, 4.69) is 29.1 Å². The topological polar surface area (TPSA) is 63.8 Å². The molecule has 0 saturated carbocycles. The third kappa shape index (κ3) is 3.47. The van der Waals surface area contributed by atoms with Crippen molar-refractivity contribution in [3.63, 3.8) is 0 Å². The smallest absolute Gasteiger partial charge is 0.223 e. The summed E-state index contributed by atoms with van der Waals surface area (Å²) in [5.74, 6) is 1.09. The van der Waals surface area contributed by atoms with Crippen molar-refractivity contribution >= 4 is 5.95 Å². The molecule has 4 nitrogen and oxygen atoms in total. The van der Waals surface area contributed by atoms with Crippen molar-refractivity contribution in [1.82, 2.24) is 9.97 Å². The van der Waals surface area contributed by atoms with Gasteiger partial charge in [-0.15, -0.1) is 0 Å². The summed E-state index contributed by atoms with van der Waals surface area (Å²) in [5.41, 5.74) is 6.59. The molecule has 84 valence electrons. The van der Waals surface area contributed by atoms with Crippen molar-refractivity contribution in [3.8, 4) is 0 Å². The highest BCUT2D eigenvalue weighted by atomic mass is 15.1. The third-order valence-corrected chi connectivity index (χ3v) is 2.30. The molecule has 0 unspecified atom stereocenters. The molecule has 3 N–H and O–H groups in total. The Kier molecular flexibility index (Phi) is 3.63. The van der Waals surface area contributed by atoms with Gasteiger partial charge in [0, 0.05) is 24.5 Å². The molecule has 1 heterocycles. The van der Waals surface area contributed by atoms with E-state index in [0.717, 1.165) is 5.56 Å². The normalized spacial score (nSPS) is 11.9. The summed E-state index contributed by atoms with van der Waals surface area (Å²) in [7, 11) is 0. The third-order valence-electron chi connectivity index (χ3n) is 2.30. The molecule has 0 fully saturated rings. The molecule has 0 aromatic carbocycles. The molecule has 15 heavy (non-hydrogen) atoms. The molecule has 0 aliphatic rings. The molecule has 0 amide bonds. The van der Waals surface area contributed by atoms with Gasteiger partial charge in [0.05, 0.1) is 0 Å². The van der Waals surface area contributed by atoms with Crippen LogP contribution in [0, 0.1) is 0 Å². The fraction of sp³-hybridized carbons (Fsp3) is 0.636. The fourth-order valence-corrected chi connectivity index (χ4v) is 1.05. The minimum Gasteiger partial charge on any atom is -0.348 e. The van der Waals surface area contributed by atoms with Crippen LogP contribution >= 0.6 is 0 Å². The van der Waals surface area contributed by atoms with Crippen molar-refractivity contribution in [2.75, 3.05) is 11.9 Å². The maximum absolute atomic E-state index is 5.61. The summed E-state index contributed by atoms with van der Waals surface area (Å²) >= 11 is 0. The van der Waals surface area contributed by atoms with Crippen LogP contribution in [0.4, 0.5) is 5.95 Å². The number of hydrogen-bond donors (Lipinski definition) is 2. The van der Waals surface area contributed by atoms with E-state index < -0.39 is 0 Å². The molecule has 0 spiro atoms. The summed E-state index contributed by atoms with van der Waals surface area (Å²) in [5, 5.41) is 3.19. The highest BCUT2D eigenvalue weighted by Crippen LogP contribution is 2.14. The Morgan fingerprint density at radius 3 is 2.27 bits per heavy atom. The van der Waals surface area contributed by atoms with Crippen molar-refractivity contribution in [2.24, 2.45) is 5.73 Å². The van der Waals surface area contributed by atoms with Gasteiger partial charge >= 0.3 is 0 Å². The Morgan fingerprint density at radius 2 is 1.87 bits per heavy atom. The van der Waals surface area contributed by atoms with Crippen LogP contribution in [0.1, 0.15) is 39.2 Å². The fourth-order valence-electron chi connectivity index (χ4n) is 1.05. The van der Waals surface area contributed by atoms with Crippen LogP contribution in [0.3, 0.4) is 0 Å². The van der Waals surface area contributed by atoms with Gasteiger partial charge in [0.15, 0.2) is 0 Å². The molecule has 0 aliphatic heterocycles. The van der Waals surface area contributed by atoms with Gasteiger partial charge in [0.25, 0.3) is 0 Å². The van der Waals surface area contributed by atoms with E-state index in [1.807, 2.05) is 26.2 Å². The second-order valence-electron chi connectivity index (χ2n) is 4.71. The van der Waals surface area contributed by atoms with E-state index in [4.69, 9.17) is 5.73 Å². The summed E-state index contributed by atoms with van der Waals surface area (Å²) in [6, 6.07) is 0. The number of anilines is 1. The lowest BCUT2D eigenvalue weighted by Crippen LogP contribution is -2.39.